The summed E-state index contributed by atoms with van der Waals surface area (Å²) in [5.74, 6) is 2.29. The fraction of sp³-hybridized carbons (Fsp3) is 0.650. The van der Waals surface area contributed by atoms with Crippen molar-refractivity contribution in [2.75, 3.05) is 0 Å². The van der Waals surface area contributed by atoms with Gasteiger partial charge in [-0.15, -0.1) is 0 Å². The molecule has 0 saturated heterocycles. The van der Waals surface area contributed by atoms with Gasteiger partial charge in [-0.1, -0.05) is 11.6 Å². The van der Waals surface area contributed by atoms with Crippen LogP contribution in [0, 0.1) is 11.8 Å². The smallest absolute Gasteiger partial charge is 0.129 e. The Morgan fingerprint density at radius 2 is 1.85 bits per heavy atom. The Morgan fingerprint density at radius 1 is 1.15 bits per heavy atom. The molecule has 0 aromatic carbocycles. The first-order valence-corrected chi connectivity index (χ1v) is 10.1. The topological polar surface area (TPSA) is 69.6 Å². The molecule has 4 rings (SSSR count). The summed E-state index contributed by atoms with van der Waals surface area (Å²) in [4.78, 5) is 9.35. The standard InChI is InChI=1S/C20H28ClN5/c1-20(22)7-5-14(6-8-20)10-18-23-12-16(21)19(25-18)15-11-24-26(2)17(15)9-13-3-4-13/h11-14H,3-10,22H2,1-2H3. The number of aromatic nitrogens is 4. The highest BCUT2D eigenvalue weighted by atomic mass is 35.5. The normalized spacial score (nSPS) is 26.2. The average Bonchev–Trinajstić information content (AvgIpc) is 3.35. The van der Waals surface area contributed by atoms with E-state index >= 15 is 0 Å². The maximum atomic E-state index is 6.47. The van der Waals surface area contributed by atoms with Crippen LogP contribution >= 0.6 is 11.6 Å². The van der Waals surface area contributed by atoms with Gasteiger partial charge in [0.25, 0.3) is 0 Å². The maximum Gasteiger partial charge on any atom is 0.129 e. The van der Waals surface area contributed by atoms with E-state index in [2.05, 4.69) is 17.0 Å². The molecule has 140 valence electrons. The van der Waals surface area contributed by atoms with Crippen LogP contribution in [0.1, 0.15) is 57.0 Å². The van der Waals surface area contributed by atoms with Gasteiger partial charge in [0.1, 0.15) is 5.82 Å². The van der Waals surface area contributed by atoms with Crippen molar-refractivity contribution in [3.63, 3.8) is 0 Å². The molecule has 0 bridgehead atoms. The number of hydrogen-bond acceptors (Lipinski definition) is 4. The third-order valence-corrected chi connectivity index (χ3v) is 6.28. The van der Waals surface area contributed by atoms with Crippen LogP contribution < -0.4 is 5.73 Å². The predicted octanol–water partition coefficient (Wildman–Crippen LogP) is 3.93. The summed E-state index contributed by atoms with van der Waals surface area (Å²) in [5, 5.41) is 5.07. The van der Waals surface area contributed by atoms with E-state index < -0.39 is 0 Å². The van der Waals surface area contributed by atoms with E-state index in [0.717, 1.165) is 61.5 Å². The van der Waals surface area contributed by atoms with Crippen LogP contribution in [0.5, 0.6) is 0 Å². The lowest BCUT2D eigenvalue weighted by Gasteiger charge is -2.33. The molecule has 2 N–H and O–H groups in total. The highest BCUT2D eigenvalue weighted by Gasteiger charge is 2.29. The quantitative estimate of drug-likeness (QED) is 0.861. The summed E-state index contributed by atoms with van der Waals surface area (Å²) in [6.07, 6.45) is 12.7. The fourth-order valence-corrected chi connectivity index (χ4v) is 4.18. The molecule has 6 heteroatoms. The monoisotopic (exact) mass is 373 g/mol. The summed E-state index contributed by atoms with van der Waals surface area (Å²) in [5.41, 5.74) is 9.38. The number of nitrogens with two attached hydrogens (primary N) is 1. The summed E-state index contributed by atoms with van der Waals surface area (Å²) < 4.78 is 1.97. The zero-order valence-electron chi connectivity index (χ0n) is 15.7. The molecule has 2 aromatic heterocycles. The molecule has 0 atom stereocenters. The van der Waals surface area contributed by atoms with Crippen LogP contribution in [0.4, 0.5) is 0 Å². The van der Waals surface area contributed by atoms with Crippen molar-refractivity contribution in [2.45, 2.75) is 63.8 Å². The van der Waals surface area contributed by atoms with Gasteiger partial charge in [0.2, 0.25) is 0 Å². The van der Waals surface area contributed by atoms with E-state index in [9.17, 15) is 0 Å². The summed E-state index contributed by atoms with van der Waals surface area (Å²) in [6.45, 7) is 2.16. The van der Waals surface area contributed by atoms with Gasteiger partial charge >= 0.3 is 0 Å². The number of aryl methyl sites for hydroxylation is 1. The zero-order chi connectivity index (χ0) is 18.3. The summed E-state index contributed by atoms with van der Waals surface area (Å²) in [7, 11) is 2.00. The predicted molar refractivity (Wildman–Crippen MR) is 104 cm³/mol. The molecule has 0 spiro atoms. The minimum Gasteiger partial charge on any atom is -0.325 e. The molecule has 2 heterocycles. The van der Waals surface area contributed by atoms with Crippen LogP contribution in [0.25, 0.3) is 11.3 Å². The Balaban J connectivity index is 1.55. The molecular weight excluding hydrogens is 346 g/mol. The maximum absolute atomic E-state index is 6.47. The summed E-state index contributed by atoms with van der Waals surface area (Å²) >= 11 is 6.47. The molecule has 0 unspecified atom stereocenters. The Hall–Kier alpha value is -1.46. The molecule has 26 heavy (non-hydrogen) atoms. The second-order valence-corrected chi connectivity index (χ2v) is 8.97. The van der Waals surface area contributed by atoms with Crippen molar-refractivity contribution < 1.29 is 0 Å². The van der Waals surface area contributed by atoms with Crippen LogP contribution in [-0.4, -0.2) is 25.3 Å². The van der Waals surface area contributed by atoms with Crippen molar-refractivity contribution in [1.29, 1.82) is 0 Å². The number of nitrogens with zero attached hydrogens (tertiary/aromatic N) is 4. The molecule has 2 aromatic rings. The lowest BCUT2D eigenvalue weighted by atomic mass is 9.77. The third kappa shape index (κ3) is 3.94. The first-order chi connectivity index (χ1) is 12.4. The lowest BCUT2D eigenvalue weighted by Crippen LogP contribution is -2.40. The first-order valence-electron chi connectivity index (χ1n) is 9.73. The van der Waals surface area contributed by atoms with Crippen LogP contribution in [0.15, 0.2) is 12.4 Å². The van der Waals surface area contributed by atoms with Gasteiger partial charge in [-0.2, -0.15) is 5.10 Å². The van der Waals surface area contributed by atoms with Crippen molar-refractivity contribution in [1.82, 2.24) is 19.7 Å². The highest BCUT2D eigenvalue weighted by Crippen LogP contribution is 2.37. The van der Waals surface area contributed by atoms with Crippen molar-refractivity contribution in [3.8, 4) is 11.3 Å². The number of rotatable bonds is 5. The van der Waals surface area contributed by atoms with E-state index in [1.54, 1.807) is 6.20 Å². The van der Waals surface area contributed by atoms with E-state index in [1.807, 2.05) is 17.9 Å². The molecule has 2 aliphatic carbocycles. The second kappa shape index (κ2) is 6.93. The van der Waals surface area contributed by atoms with E-state index in [0.29, 0.717) is 10.9 Å². The highest BCUT2D eigenvalue weighted by molar-refractivity contribution is 6.32. The van der Waals surface area contributed by atoms with Gasteiger partial charge < -0.3 is 5.73 Å². The molecule has 5 nitrogen and oxygen atoms in total. The van der Waals surface area contributed by atoms with E-state index in [1.165, 1.54) is 18.5 Å². The largest absolute Gasteiger partial charge is 0.325 e. The van der Waals surface area contributed by atoms with Gasteiger partial charge in [0.05, 0.1) is 16.9 Å². The van der Waals surface area contributed by atoms with Crippen LogP contribution in [0.2, 0.25) is 5.02 Å². The Morgan fingerprint density at radius 3 is 2.54 bits per heavy atom. The molecular formula is C20H28ClN5. The first kappa shape index (κ1) is 17.9. The molecule has 0 amide bonds. The zero-order valence-corrected chi connectivity index (χ0v) is 16.5. The van der Waals surface area contributed by atoms with Gasteiger partial charge in [-0.3, -0.25) is 4.68 Å². The Bertz CT molecular complexity index is 783. The molecule has 0 aliphatic heterocycles. The van der Waals surface area contributed by atoms with Gasteiger partial charge in [0, 0.05) is 36.5 Å². The Labute approximate surface area is 160 Å². The van der Waals surface area contributed by atoms with Crippen LogP contribution in [-0.2, 0) is 19.9 Å². The number of halogens is 1. The van der Waals surface area contributed by atoms with Crippen LogP contribution in [0.3, 0.4) is 0 Å². The summed E-state index contributed by atoms with van der Waals surface area (Å²) in [6, 6.07) is 0. The van der Waals surface area contributed by atoms with E-state index in [-0.39, 0.29) is 5.54 Å². The van der Waals surface area contributed by atoms with Gasteiger partial charge in [-0.05, 0) is 63.7 Å². The molecule has 2 aliphatic rings. The minimum atomic E-state index is -0.00403. The second-order valence-electron chi connectivity index (χ2n) is 8.56. The van der Waals surface area contributed by atoms with Gasteiger partial charge in [0.15, 0.2) is 0 Å². The van der Waals surface area contributed by atoms with Crippen molar-refractivity contribution in [3.05, 3.63) is 28.9 Å². The molecule has 2 saturated carbocycles. The number of hydrogen-bond donors (Lipinski definition) is 1. The molecule has 2 fully saturated rings. The van der Waals surface area contributed by atoms with Gasteiger partial charge in [-0.25, -0.2) is 9.97 Å². The van der Waals surface area contributed by atoms with Crippen molar-refractivity contribution >= 4 is 11.6 Å². The fourth-order valence-electron chi connectivity index (χ4n) is 3.99. The van der Waals surface area contributed by atoms with E-state index in [4.69, 9.17) is 22.3 Å². The third-order valence-electron chi connectivity index (χ3n) is 6.01. The SMILES string of the molecule is Cn1ncc(-c2nc(CC3CCC(C)(N)CC3)ncc2Cl)c1CC1CC1. The molecule has 0 radical (unpaired) electrons. The average molecular weight is 374 g/mol. The Kier molecular flexibility index (Phi) is 4.78. The lowest BCUT2D eigenvalue weighted by molar-refractivity contribution is 0.248. The van der Waals surface area contributed by atoms with Crippen molar-refractivity contribution in [2.24, 2.45) is 24.6 Å². The minimum absolute atomic E-state index is 0.00403.